The van der Waals surface area contributed by atoms with Gasteiger partial charge in [-0.2, -0.15) is 0 Å². The number of methoxy groups -OCH3 is 1. The Bertz CT molecular complexity index is 698. The molecule has 2 unspecified atom stereocenters. The molecule has 23 heavy (non-hydrogen) atoms. The van der Waals surface area contributed by atoms with Crippen LogP contribution in [0.5, 0.6) is 0 Å². The van der Waals surface area contributed by atoms with Crippen LogP contribution in [0, 0.1) is 0 Å². The van der Waals surface area contributed by atoms with Gasteiger partial charge in [-0.25, -0.2) is 15.0 Å². The van der Waals surface area contributed by atoms with E-state index in [9.17, 15) is 4.89 Å². The van der Waals surface area contributed by atoms with Crippen LogP contribution in [0.3, 0.4) is 0 Å². The predicted octanol–water partition coefficient (Wildman–Crippen LogP) is 0.277. The van der Waals surface area contributed by atoms with Crippen molar-refractivity contribution >= 4 is 35.5 Å². The topological polar surface area (TPSA) is 127 Å². The molecular weight excluding hydrogens is 345 g/mol. The van der Waals surface area contributed by atoms with Crippen molar-refractivity contribution in [2.45, 2.75) is 12.8 Å². The second kappa shape index (κ2) is 8.06. The van der Waals surface area contributed by atoms with E-state index in [0.717, 1.165) is 0 Å². The zero-order chi connectivity index (χ0) is 16.9. The Morgan fingerprint density at radius 1 is 1.35 bits per heavy atom. The quantitative estimate of drug-likeness (QED) is 0.600. The molecule has 2 atom stereocenters. The molecule has 0 amide bonds. The third-order valence-electron chi connectivity index (χ3n) is 2.89. The molecule has 0 aliphatic rings. The monoisotopic (exact) mass is 363 g/mol. The van der Waals surface area contributed by atoms with Gasteiger partial charge in [-0.15, -0.1) is 0 Å². The van der Waals surface area contributed by atoms with Crippen molar-refractivity contribution in [3.05, 3.63) is 12.7 Å². The Balaban J connectivity index is 2.00. The van der Waals surface area contributed by atoms with Gasteiger partial charge in [-0.3, -0.25) is 4.57 Å². The maximum absolute atomic E-state index is 9.60. The van der Waals surface area contributed by atoms with Crippen LogP contribution in [0.1, 0.15) is 0 Å². The number of nitrogens with two attached hydrogens (primary N) is 1. The van der Waals surface area contributed by atoms with E-state index in [1.165, 1.54) is 20.5 Å². The lowest BCUT2D eigenvalue weighted by Crippen LogP contribution is -2.26. The van der Waals surface area contributed by atoms with Gasteiger partial charge in [0.05, 0.1) is 19.5 Å². The van der Waals surface area contributed by atoms with Crippen molar-refractivity contribution < 1.29 is 23.4 Å². The minimum Gasteiger partial charge on any atom is -0.382 e. The van der Waals surface area contributed by atoms with E-state index >= 15 is 0 Å². The summed E-state index contributed by atoms with van der Waals surface area (Å²) in [6, 6.07) is 0. The van der Waals surface area contributed by atoms with Crippen molar-refractivity contribution in [3.8, 4) is 0 Å². The van der Waals surface area contributed by atoms with E-state index < -0.39 is 12.8 Å². The first-order valence-electron chi connectivity index (χ1n) is 6.51. The maximum Gasteiger partial charge on any atom is 0.324 e. The fraction of sp³-hybridized carbons (Fsp3) is 0.545. The molecule has 0 aliphatic carbocycles. The van der Waals surface area contributed by atoms with Crippen molar-refractivity contribution in [2.24, 2.45) is 0 Å². The van der Waals surface area contributed by atoms with Crippen LogP contribution in [0.15, 0.2) is 12.7 Å². The lowest BCUT2D eigenvalue weighted by atomic mass is 10.4. The van der Waals surface area contributed by atoms with Crippen LogP contribution >= 0.6 is 6.72 Å². The molecule has 128 valence electrons. The highest BCUT2D eigenvalue weighted by atomic mass is 32.5. The van der Waals surface area contributed by atoms with Gasteiger partial charge >= 0.3 is 6.72 Å². The lowest BCUT2D eigenvalue weighted by molar-refractivity contribution is -0.0550. The summed E-state index contributed by atoms with van der Waals surface area (Å²) in [5.41, 5.74) is 6.78. The molecule has 0 fully saturated rings. The third kappa shape index (κ3) is 4.88. The van der Waals surface area contributed by atoms with Gasteiger partial charge in [0.15, 0.2) is 11.5 Å². The third-order valence-corrected chi connectivity index (χ3v) is 4.59. The molecule has 0 aromatic carbocycles. The maximum atomic E-state index is 9.60. The van der Waals surface area contributed by atoms with Gasteiger partial charge in [0.1, 0.15) is 24.7 Å². The fourth-order valence-corrected chi connectivity index (χ4v) is 2.38. The molecule has 2 heterocycles. The molecule has 12 heteroatoms. The standard InChI is InChI=1S/C11H18N5O5PS/c1-18-3-8(4-21-22(17,23)19-2)20-7-16-6-15-9-10(12)13-5-14-11(9)16/h5-6,8H,3-4,7H2,1-2H3,(H,17,23)(H2,12,13,14). The number of nitrogens with zero attached hydrogens (tertiary/aromatic N) is 4. The summed E-state index contributed by atoms with van der Waals surface area (Å²) in [7, 11) is 2.82. The number of hydrogen-bond acceptors (Lipinski definition) is 9. The number of aromatic nitrogens is 4. The van der Waals surface area contributed by atoms with E-state index in [2.05, 4.69) is 15.0 Å². The van der Waals surface area contributed by atoms with Crippen LogP contribution in [-0.4, -0.2) is 57.9 Å². The number of anilines is 1. The fourth-order valence-electron chi connectivity index (χ4n) is 1.74. The van der Waals surface area contributed by atoms with Crippen LogP contribution in [0.4, 0.5) is 5.82 Å². The number of ether oxygens (including phenoxy) is 2. The molecule has 0 saturated heterocycles. The Kier molecular flexibility index (Phi) is 6.36. The number of imidazole rings is 1. The smallest absolute Gasteiger partial charge is 0.324 e. The number of fused-ring (bicyclic) bond motifs is 1. The Hall–Kier alpha value is -1.20. The highest BCUT2D eigenvalue weighted by Crippen LogP contribution is 2.42. The number of nitrogen functional groups attached to an aromatic ring is 1. The van der Waals surface area contributed by atoms with Gasteiger partial charge in [-0.05, 0) is 11.8 Å². The van der Waals surface area contributed by atoms with Gasteiger partial charge in [-0.1, -0.05) is 0 Å². The summed E-state index contributed by atoms with van der Waals surface area (Å²) in [5.74, 6) is 0.298. The van der Waals surface area contributed by atoms with Crippen LogP contribution in [0.25, 0.3) is 11.2 Å². The van der Waals surface area contributed by atoms with Crippen LogP contribution < -0.4 is 5.73 Å². The minimum absolute atomic E-state index is 0.0270. The largest absolute Gasteiger partial charge is 0.382 e. The molecule has 3 N–H and O–H groups in total. The molecule has 0 bridgehead atoms. The molecule has 10 nitrogen and oxygen atoms in total. The second-order valence-electron chi connectivity index (χ2n) is 4.47. The summed E-state index contributed by atoms with van der Waals surface area (Å²) in [4.78, 5) is 21.7. The first-order valence-corrected chi connectivity index (χ1v) is 9.11. The SMILES string of the molecule is COCC(COP(O)(=S)OC)OCn1cnc2c(N)ncnc21. The molecular formula is C11H18N5O5PS. The van der Waals surface area contributed by atoms with E-state index in [1.807, 2.05) is 0 Å². The molecule has 0 aliphatic heterocycles. The Labute approximate surface area is 137 Å². The lowest BCUT2D eigenvalue weighted by Gasteiger charge is -2.20. The molecule has 0 radical (unpaired) electrons. The van der Waals surface area contributed by atoms with E-state index in [4.69, 9.17) is 36.1 Å². The number of hydrogen-bond donors (Lipinski definition) is 2. The molecule has 2 aromatic rings. The highest BCUT2D eigenvalue weighted by molar-refractivity contribution is 8.07. The van der Waals surface area contributed by atoms with E-state index in [1.54, 1.807) is 10.9 Å². The molecule has 0 saturated carbocycles. The first kappa shape index (κ1) is 18.1. The normalized spacial score (nSPS) is 15.6. The minimum atomic E-state index is -3.24. The van der Waals surface area contributed by atoms with E-state index in [0.29, 0.717) is 17.0 Å². The first-order chi connectivity index (χ1) is 11.0. The number of rotatable bonds is 9. The summed E-state index contributed by atoms with van der Waals surface area (Å²) >= 11 is 4.77. The van der Waals surface area contributed by atoms with Crippen LogP contribution in [-0.2, 0) is 37.1 Å². The van der Waals surface area contributed by atoms with Gasteiger partial charge < -0.3 is 29.1 Å². The van der Waals surface area contributed by atoms with Crippen molar-refractivity contribution in [1.29, 1.82) is 0 Å². The van der Waals surface area contributed by atoms with Gasteiger partial charge in [0.25, 0.3) is 0 Å². The van der Waals surface area contributed by atoms with Gasteiger partial charge in [0, 0.05) is 14.2 Å². The van der Waals surface area contributed by atoms with Crippen molar-refractivity contribution in [3.63, 3.8) is 0 Å². The molecule has 2 aromatic heterocycles. The zero-order valence-electron chi connectivity index (χ0n) is 12.7. The summed E-state index contributed by atoms with van der Waals surface area (Å²) in [6.07, 6.45) is 2.44. The molecule has 2 rings (SSSR count). The Morgan fingerprint density at radius 3 is 2.83 bits per heavy atom. The summed E-state index contributed by atoms with van der Waals surface area (Å²) < 4.78 is 22.3. The molecule has 0 spiro atoms. The average Bonchev–Trinajstić information content (AvgIpc) is 2.95. The van der Waals surface area contributed by atoms with Crippen LogP contribution in [0.2, 0.25) is 0 Å². The summed E-state index contributed by atoms with van der Waals surface area (Å²) in [6.45, 7) is -2.81. The second-order valence-corrected chi connectivity index (χ2v) is 7.41. The van der Waals surface area contributed by atoms with Crippen molar-refractivity contribution in [2.75, 3.05) is 33.2 Å². The van der Waals surface area contributed by atoms with Gasteiger partial charge in [0.2, 0.25) is 0 Å². The average molecular weight is 363 g/mol. The van der Waals surface area contributed by atoms with E-state index in [-0.39, 0.29) is 19.9 Å². The predicted molar refractivity (Wildman–Crippen MR) is 85.9 cm³/mol. The highest BCUT2D eigenvalue weighted by Gasteiger charge is 2.18. The van der Waals surface area contributed by atoms with Crippen molar-refractivity contribution in [1.82, 2.24) is 19.5 Å². The Morgan fingerprint density at radius 2 is 2.13 bits per heavy atom. The summed E-state index contributed by atoms with van der Waals surface area (Å²) in [5, 5.41) is 0. The zero-order valence-corrected chi connectivity index (χ0v) is 14.4.